The van der Waals surface area contributed by atoms with Crippen LogP contribution < -0.4 is 31.9 Å². The number of piperazine rings is 1. The highest BCUT2D eigenvalue weighted by Gasteiger charge is 2.45. The summed E-state index contributed by atoms with van der Waals surface area (Å²) in [5.74, 6) is -1.27. The Morgan fingerprint density at radius 1 is 0.865 bits per heavy atom. The first-order valence-electron chi connectivity index (χ1n) is 25.1. The smallest absolute Gasteiger partial charge is 0.339 e. The van der Waals surface area contributed by atoms with Gasteiger partial charge in [-0.3, -0.25) is 39.1 Å². The van der Waals surface area contributed by atoms with E-state index < -0.39 is 41.3 Å². The van der Waals surface area contributed by atoms with Crippen molar-refractivity contribution in [2.24, 2.45) is 0 Å². The number of rotatable bonds is 23. The molecule has 2 fully saturated rings. The summed E-state index contributed by atoms with van der Waals surface area (Å²) in [6.07, 6.45) is 5.05. The lowest BCUT2D eigenvalue weighted by atomic mass is 9.95. The molecule has 388 valence electrons. The molecule has 0 aliphatic carbocycles. The van der Waals surface area contributed by atoms with E-state index in [2.05, 4.69) is 56.9 Å². The number of nitrogens with zero attached hydrogens (tertiary/aromatic N) is 7. The lowest BCUT2D eigenvalue weighted by Gasteiger charge is -2.34. The number of carbonyl (C=O) groups excluding carboxylic acids is 6. The number of amides is 5. The van der Waals surface area contributed by atoms with Crippen LogP contribution in [0.5, 0.6) is 0 Å². The molecule has 22 heteroatoms. The number of unbranched alkanes of at least 4 members (excludes halogenated alkanes) is 2. The Labute approximate surface area is 427 Å². The minimum atomic E-state index is -1.02. The van der Waals surface area contributed by atoms with E-state index in [-0.39, 0.29) is 54.3 Å². The second-order valence-electron chi connectivity index (χ2n) is 19.2. The Bertz CT molecular complexity index is 2890. The number of hydrogen-bond donors (Lipinski definition) is 7. The van der Waals surface area contributed by atoms with Gasteiger partial charge in [0.05, 0.1) is 48.0 Å². The fraction of sp³-hybridized carbons (Fsp3) is 0.423. The van der Waals surface area contributed by atoms with Crippen LogP contribution in [-0.4, -0.2) is 147 Å². The molecule has 0 saturated carbocycles. The molecule has 0 radical (unpaired) electrons. The number of fused-ring (bicyclic) bond motifs is 2. The number of cyclic esters (lactones) is 1. The Hall–Kier alpha value is -7.66. The zero-order valence-corrected chi connectivity index (χ0v) is 41.4. The normalized spacial score (nSPS) is 17.9. The Morgan fingerprint density at radius 2 is 1.66 bits per heavy atom. The van der Waals surface area contributed by atoms with E-state index in [1.807, 2.05) is 50.2 Å². The molecule has 74 heavy (non-hydrogen) atoms. The molecule has 22 nitrogen and oxygen atoms in total. The summed E-state index contributed by atoms with van der Waals surface area (Å²) >= 11 is 0. The molecule has 2 aromatic heterocycles. The average Bonchev–Trinajstić information content (AvgIpc) is 4.04. The second-order valence-corrected chi connectivity index (χ2v) is 19.2. The zero-order chi connectivity index (χ0) is 51.8. The molecule has 5 amide bonds. The maximum atomic E-state index is 13.3. The largest absolute Gasteiger partial charge is 0.451 e. The number of benzene rings is 3. The molecule has 1 unspecified atom stereocenters. The Morgan fingerprint density at radius 3 is 2.46 bits per heavy atom. The van der Waals surface area contributed by atoms with Crippen LogP contribution in [0.2, 0.25) is 0 Å². The number of carbonyl (C=O) groups is 6. The minimum absolute atomic E-state index is 0.00411. The number of esters is 1. The van der Waals surface area contributed by atoms with Crippen molar-refractivity contribution in [3.05, 3.63) is 107 Å². The van der Waals surface area contributed by atoms with Crippen molar-refractivity contribution < 1.29 is 43.0 Å². The van der Waals surface area contributed by atoms with Gasteiger partial charge in [-0.1, -0.05) is 36.4 Å². The average molecular weight is 1010 g/mol. The molecule has 6 heterocycles. The predicted molar refractivity (Wildman–Crippen MR) is 271 cm³/mol. The van der Waals surface area contributed by atoms with Crippen LogP contribution in [0.25, 0.3) is 11.5 Å². The molecule has 4 aliphatic rings. The van der Waals surface area contributed by atoms with Crippen molar-refractivity contribution in [3.8, 4) is 11.5 Å². The number of aliphatic hydroxyl groups is 1. The maximum absolute atomic E-state index is 13.3. The van der Waals surface area contributed by atoms with Gasteiger partial charge in [0.25, 0.3) is 17.7 Å². The van der Waals surface area contributed by atoms with E-state index in [4.69, 9.17) is 14.1 Å². The number of aliphatic hydroxyl groups excluding tert-OH is 1. The summed E-state index contributed by atoms with van der Waals surface area (Å²) in [6, 6.07) is 18.3. The van der Waals surface area contributed by atoms with Crippen molar-refractivity contribution in [2.45, 2.75) is 76.6 Å². The highest BCUT2D eigenvalue weighted by molar-refractivity contribution is 6.25. The summed E-state index contributed by atoms with van der Waals surface area (Å²) in [5, 5.41) is 37.5. The standard InChI is InChI=1S/C52H61N13O9/c1-52(2)37-27-33(15-16-34(37)50(72)74-52)57-51-56-28-36(45(60-51)58-39(31-66)32-11-5-3-6-12-32)47-62-61-43(73-47)29-53-19-10-22-63-23-25-64(26-24-63)30-42(68)55-21-8-4-7-20-54-38-14-9-13-35-44(38)49(71)65(48(35)70)40-17-18-41(67)59-46(40)69/h3,5-6,9,11-16,27-28,39-40,53-54,66H,4,7-8,10,17-26,29-31H2,1-2H3,(H,55,68)(H,59,67,69)(H2,56,57,58,60)/t39-,40?/m1/s1. The number of hydrogen-bond acceptors (Lipinski definition) is 19. The van der Waals surface area contributed by atoms with Crippen LogP contribution in [0.4, 0.5) is 23.1 Å². The van der Waals surface area contributed by atoms with Gasteiger partial charge >= 0.3 is 5.97 Å². The summed E-state index contributed by atoms with van der Waals surface area (Å²) < 4.78 is 11.6. The summed E-state index contributed by atoms with van der Waals surface area (Å²) in [5.41, 5.74) is 3.47. The lowest BCUT2D eigenvalue weighted by Crippen LogP contribution is -2.54. The minimum Gasteiger partial charge on any atom is -0.451 e. The van der Waals surface area contributed by atoms with E-state index in [1.165, 1.54) is 0 Å². The second kappa shape index (κ2) is 23.0. The fourth-order valence-electron chi connectivity index (χ4n) is 9.59. The molecule has 0 bridgehead atoms. The number of aromatic nitrogens is 4. The number of ether oxygens (including phenoxy) is 1. The van der Waals surface area contributed by atoms with Crippen LogP contribution in [0.15, 0.2) is 77.3 Å². The number of nitrogens with one attached hydrogen (secondary N) is 6. The van der Waals surface area contributed by atoms with Gasteiger partial charge in [0.2, 0.25) is 29.6 Å². The quantitative estimate of drug-likeness (QED) is 0.0279. The van der Waals surface area contributed by atoms with Gasteiger partial charge in [-0.05, 0) is 94.9 Å². The number of imide groups is 2. The first-order chi connectivity index (χ1) is 35.8. The molecule has 2 atom stereocenters. The molecule has 9 rings (SSSR count). The molecule has 0 spiro atoms. The topological polar surface area (TPSA) is 278 Å². The third-order valence-electron chi connectivity index (χ3n) is 13.6. The summed E-state index contributed by atoms with van der Waals surface area (Å²) in [4.78, 5) is 90.5. The van der Waals surface area contributed by atoms with Crippen molar-refractivity contribution in [3.63, 3.8) is 0 Å². The first kappa shape index (κ1) is 51.2. The van der Waals surface area contributed by atoms with Crippen LogP contribution in [-0.2, 0) is 31.3 Å². The molecule has 3 aromatic carbocycles. The lowest BCUT2D eigenvalue weighted by molar-refractivity contribution is -0.136. The monoisotopic (exact) mass is 1010 g/mol. The Balaban J connectivity index is 0.667. The van der Waals surface area contributed by atoms with Crippen LogP contribution in [0.3, 0.4) is 0 Å². The van der Waals surface area contributed by atoms with Crippen molar-refractivity contribution in [1.29, 1.82) is 0 Å². The number of anilines is 4. The third-order valence-corrected chi connectivity index (χ3v) is 13.6. The van der Waals surface area contributed by atoms with Gasteiger partial charge in [-0.25, -0.2) is 9.78 Å². The number of piperidine rings is 1. The van der Waals surface area contributed by atoms with Crippen LogP contribution in [0.1, 0.15) is 107 Å². The van der Waals surface area contributed by atoms with Gasteiger partial charge in [0, 0.05) is 68.8 Å². The SMILES string of the molecule is CC1(C)OC(=O)c2ccc(Nc3ncc(-c4nnc(CNCCCN5CCN(CC(=O)NCCCCCNc6cccc7c6C(=O)N(C6CCC(=O)NC6=O)C7=O)CC5)o4)c(N[C@H](CO)c4ccccc4)n3)cc21. The molecular formula is C52H61N13O9. The van der Waals surface area contributed by atoms with E-state index in [0.29, 0.717) is 60.4 Å². The first-order valence-corrected chi connectivity index (χ1v) is 25.1. The summed E-state index contributed by atoms with van der Waals surface area (Å²) in [6.45, 7) is 10.2. The highest BCUT2D eigenvalue weighted by Crippen LogP contribution is 2.38. The van der Waals surface area contributed by atoms with Crippen LogP contribution >= 0.6 is 0 Å². The Kier molecular flexibility index (Phi) is 16.0. The van der Waals surface area contributed by atoms with E-state index >= 15 is 0 Å². The van der Waals surface area contributed by atoms with Gasteiger partial charge < -0.3 is 45.7 Å². The van der Waals surface area contributed by atoms with E-state index in [1.54, 1.807) is 36.5 Å². The molecular weight excluding hydrogens is 951 g/mol. The highest BCUT2D eigenvalue weighted by atomic mass is 16.6. The predicted octanol–water partition coefficient (Wildman–Crippen LogP) is 3.72. The fourth-order valence-corrected chi connectivity index (χ4v) is 9.59. The van der Waals surface area contributed by atoms with E-state index in [9.17, 15) is 33.9 Å². The van der Waals surface area contributed by atoms with Crippen molar-refractivity contribution in [2.75, 3.05) is 81.5 Å². The zero-order valence-electron chi connectivity index (χ0n) is 41.4. The maximum Gasteiger partial charge on any atom is 0.339 e. The van der Waals surface area contributed by atoms with Gasteiger partial charge in [-0.2, -0.15) is 4.98 Å². The van der Waals surface area contributed by atoms with Gasteiger partial charge in [0.15, 0.2) is 0 Å². The van der Waals surface area contributed by atoms with Gasteiger partial charge in [0.1, 0.15) is 17.5 Å². The summed E-state index contributed by atoms with van der Waals surface area (Å²) in [7, 11) is 0. The van der Waals surface area contributed by atoms with E-state index in [0.717, 1.165) is 81.0 Å². The van der Waals surface area contributed by atoms with Crippen molar-refractivity contribution in [1.82, 2.24) is 50.8 Å². The van der Waals surface area contributed by atoms with Crippen molar-refractivity contribution >= 4 is 58.6 Å². The van der Waals surface area contributed by atoms with Gasteiger partial charge in [-0.15, -0.1) is 10.2 Å². The molecule has 2 saturated heterocycles. The third kappa shape index (κ3) is 11.9. The molecule has 7 N–H and O–H groups in total. The van der Waals surface area contributed by atoms with Crippen LogP contribution in [0, 0.1) is 0 Å². The molecule has 4 aliphatic heterocycles. The molecule has 5 aromatic rings.